The first kappa shape index (κ1) is 46.4. The fourth-order valence-electron chi connectivity index (χ4n) is 6.84. The molecule has 1 aliphatic rings. The predicted molar refractivity (Wildman–Crippen MR) is 225 cm³/mol. The zero-order valence-electron chi connectivity index (χ0n) is 34.5. The first-order valence-electron chi connectivity index (χ1n) is 21.8. The number of hydrogen-bond donors (Lipinski definition) is 0. The predicted octanol–water partition coefficient (Wildman–Crippen LogP) is 14.0. The number of ether oxygens (including phenoxy) is 2. The quantitative estimate of drug-likeness (QED) is 0.0306. The van der Waals surface area contributed by atoms with Crippen molar-refractivity contribution in [2.45, 2.75) is 194 Å². The van der Waals surface area contributed by atoms with Gasteiger partial charge in [0.25, 0.3) is 11.8 Å². The van der Waals surface area contributed by atoms with Gasteiger partial charge in [-0.1, -0.05) is 152 Å². The molecule has 2 amide bonds. The Morgan fingerprint density at radius 1 is 0.509 bits per heavy atom. The normalized spacial score (nSPS) is 14.3. The van der Waals surface area contributed by atoms with Crippen LogP contribution in [0.5, 0.6) is 0 Å². The van der Waals surface area contributed by atoms with Crippen molar-refractivity contribution in [2.24, 2.45) is 0 Å². The molecule has 0 unspecified atom stereocenters. The van der Waals surface area contributed by atoms with E-state index in [0.717, 1.165) is 51.4 Å². The summed E-state index contributed by atoms with van der Waals surface area (Å²) in [5, 5.41) is 0. The van der Waals surface area contributed by atoms with Crippen molar-refractivity contribution in [2.75, 3.05) is 13.2 Å². The minimum absolute atomic E-state index is 0.268. The molecule has 5 nitrogen and oxygen atoms in total. The van der Waals surface area contributed by atoms with E-state index in [1.807, 2.05) is 26.0 Å². The zero-order chi connectivity index (χ0) is 38.2. The standard InChI is InChI=1S/C48H77NO4/c1-5-7-9-11-13-15-17-19-21-23-25-27-29-31-33-37-41-52-47(48(3,4)49-45(50)43-39-35-36-40-44(43)46(49)51)53-42-38-34-32-30-28-26-24-22-20-18-16-14-12-10-8-6-2/h13-16,19-22,35-36,39-40,47H,5-12,17-18,23-34,37-38,41-42H2,1-4H3. The highest BCUT2D eigenvalue weighted by molar-refractivity contribution is 6.21. The van der Waals surface area contributed by atoms with E-state index < -0.39 is 11.8 Å². The maximum atomic E-state index is 13.4. The van der Waals surface area contributed by atoms with Gasteiger partial charge in [0.15, 0.2) is 6.29 Å². The molecule has 1 heterocycles. The van der Waals surface area contributed by atoms with Gasteiger partial charge in [0, 0.05) is 13.2 Å². The fourth-order valence-corrected chi connectivity index (χ4v) is 6.84. The van der Waals surface area contributed by atoms with Gasteiger partial charge in [-0.15, -0.1) is 0 Å². The van der Waals surface area contributed by atoms with Crippen molar-refractivity contribution in [3.63, 3.8) is 0 Å². The summed E-state index contributed by atoms with van der Waals surface area (Å²) >= 11 is 0. The van der Waals surface area contributed by atoms with Crippen LogP contribution in [-0.4, -0.2) is 41.8 Å². The number of hydrogen-bond acceptors (Lipinski definition) is 4. The fraction of sp³-hybridized carbons (Fsp3) is 0.667. The van der Waals surface area contributed by atoms with Crippen LogP contribution in [0, 0.1) is 0 Å². The van der Waals surface area contributed by atoms with Crippen molar-refractivity contribution in [1.82, 2.24) is 4.90 Å². The molecule has 0 aliphatic carbocycles. The first-order chi connectivity index (χ1) is 25.9. The lowest BCUT2D eigenvalue weighted by Gasteiger charge is -2.40. The maximum Gasteiger partial charge on any atom is 0.262 e. The summed E-state index contributed by atoms with van der Waals surface area (Å²) in [7, 11) is 0. The van der Waals surface area contributed by atoms with E-state index in [9.17, 15) is 9.59 Å². The van der Waals surface area contributed by atoms with Crippen molar-refractivity contribution in [3.05, 3.63) is 84.0 Å². The molecule has 0 bridgehead atoms. The highest BCUT2D eigenvalue weighted by Crippen LogP contribution is 2.33. The monoisotopic (exact) mass is 732 g/mol. The van der Waals surface area contributed by atoms with Crippen LogP contribution in [0.1, 0.15) is 203 Å². The molecule has 1 aromatic rings. The van der Waals surface area contributed by atoms with Gasteiger partial charge in [-0.3, -0.25) is 14.5 Å². The smallest absolute Gasteiger partial charge is 0.262 e. The Morgan fingerprint density at radius 2 is 0.849 bits per heavy atom. The summed E-state index contributed by atoms with van der Waals surface area (Å²) in [5.74, 6) is -0.537. The Morgan fingerprint density at radius 3 is 1.23 bits per heavy atom. The average Bonchev–Trinajstić information content (AvgIpc) is 3.42. The molecule has 0 fully saturated rings. The molecule has 0 saturated heterocycles. The summed E-state index contributed by atoms with van der Waals surface area (Å²) in [6, 6.07) is 7.08. The van der Waals surface area contributed by atoms with Crippen molar-refractivity contribution >= 4 is 11.8 Å². The third-order valence-electron chi connectivity index (χ3n) is 10.2. The van der Waals surface area contributed by atoms with Crippen LogP contribution >= 0.6 is 0 Å². The minimum atomic E-state index is -0.941. The molecule has 0 aromatic heterocycles. The third-order valence-corrected chi connectivity index (χ3v) is 10.2. The summed E-state index contributed by atoms with van der Waals surface area (Å²) in [4.78, 5) is 28.2. The molecule has 1 aromatic carbocycles. The lowest BCUT2D eigenvalue weighted by atomic mass is 10.0. The zero-order valence-corrected chi connectivity index (χ0v) is 34.5. The van der Waals surface area contributed by atoms with E-state index in [1.54, 1.807) is 12.1 Å². The van der Waals surface area contributed by atoms with Gasteiger partial charge < -0.3 is 9.47 Å². The van der Waals surface area contributed by atoms with E-state index >= 15 is 0 Å². The second kappa shape index (κ2) is 30.6. The molecule has 0 N–H and O–H groups in total. The van der Waals surface area contributed by atoms with Crippen molar-refractivity contribution in [3.8, 4) is 0 Å². The molecule has 0 atom stereocenters. The van der Waals surface area contributed by atoms with Crippen LogP contribution in [0.15, 0.2) is 72.9 Å². The summed E-state index contributed by atoms with van der Waals surface area (Å²) < 4.78 is 12.7. The van der Waals surface area contributed by atoms with Gasteiger partial charge in [-0.2, -0.15) is 0 Å². The molecule has 53 heavy (non-hydrogen) atoms. The van der Waals surface area contributed by atoms with Gasteiger partial charge in [-0.05, 0) is 103 Å². The van der Waals surface area contributed by atoms with Crippen LogP contribution in [0.25, 0.3) is 0 Å². The number of imide groups is 1. The maximum absolute atomic E-state index is 13.4. The molecule has 0 radical (unpaired) electrons. The molecule has 1 aliphatic heterocycles. The summed E-state index contributed by atoms with van der Waals surface area (Å²) in [6.07, 6.45) is 46.4. The van der Waals surface area contributed by atoms with Crippen molar-refractivity contribution < 1.29 is 19.1 Å². The van der Waals surface area contributed by atoms with Gasteiger partial charge >= 0.3 is 0 Å². The lowest BCUT2D eigenvalue weighted by Crippen LogP contribution is -2.56. The second-order valence-corrected chi connectivity index (χ2v) is 15.4. The molecule has 2 rings (SSSR count). The number of carbonyl (C=O) groups excluding carboxylic acids is 2. The number of rotatable bonds is 34. The second-order valence-electron chi connectivity index (χ2n) is 15.4. The van der Waals surface area contributed by atoms with Crippen LogP contribution < -0.4 is 0 Å². The van der Waals surface area contributed by atoms with Crippen molar-refractivity contribution in [1.29, 1.82) is 0 Å². The highest BCUT2D eigenvalue weighted by atomic mass is 16.7. The van der Waals surface area contributed by atoms with E-state index in [1.165, 1.54) is 108 Å². The van der Waals surface area contributed by atoms with Crippen LogP contribution in [0.3, 0.4) is 0 Å². The largest absolute Gasteiger partial charge is 0.350 e. The summed E-state index contributed by atoms with van der Waals surface area (Å²) in [6.45, 7) is 9.40. The first-order valence-corrected chi connectivity index (χ1v) is 21.8. The average molecular weight is 732 g/mol. The molecule has 0 spiro atoms. The number of fused-ring (bicyclic) bond motifs is 1. The van der Waals surface area contributed by atoms with Crippen LogP contribution in [0.4, 0.5) is 0 Å². The molecular formula is C48H77NO4. The van der Waals surface area contributed by atoms with Gasteiger partial charge in [0.2, 0.25) is 0 Å². The van der Waals surface area contributed by atoms with Gasteiger partial charge in [0.05, 0.1) is 16.7 Å². The third kappa shape index (κ3) is 19.9. The number of carbonyl (C=O) groups is 2. The van der Waals surface area contributed by atoms with E-state index in [-0.39, 0.29) is 11.8 Å². The topological polar surface area (TPSA) is 55.8 Å². The number of unbranched alkanes of at least 4 members (excludes halogenated alkanes) is 18. The van der Waals surface area contributed by atoms with E-state index in [0.29, 0.717) is 24.3 Å². The van der Waals surface area contributed by atoms with Gasteiger partial charge in [0.1, 0.15) is 0 Å². The Balaban J connectivity index is 1.68. The van der Waals surface area contributed by atoms with E-state index in [2.05, 4.69) is 62.5 Å². The molecule has 0 saturated carbocycles. The van der Waals surface area contributed by atoms with Crippen LogP contribution in [-0.2, 0) is 9.47 Å². The molecule has 298 valence electrons. The Labute approximate surface area is 325 Å². The molecular weight excluding hydrogens is 655 g/mol. The number of benzene rings is 1. The Kier molecular flexibility index (Phi) is 26.7. The molecule has 5 heteroatoms. The Hall–Kier alpha value is -2.76. The number of allylic oxidation sites excluding steroid dienone is 8. The van der Waals surface area contributed by atoms with Crippen LogP contribution in [0.2, 0.25) is 0 Å². The highest BCUT2D eigenvalue weighted by Gasteiger charge is 2.48. The SMILES string of the molecule is CCCCCC=CCC=CCCCCCCCCOC(OCCCCCCCCC=CCC=CCCCCC)C(C)(C)N1C(=O)c2ccccc2C1=O. The summed E-state index contributed by atoms with van der Waals surface area (Å²) in [5.41, 5.74) is -0.0247. The minimum Gasteiger partial charge on any atom is -0.350 e. The van der Waals surface area contributed by atoms with E-state index in [4.69, 9.17) is 9.47 Å². The lowest BCUT2D eigenvalue weighted by molar-refractivity contribution is -0.195. The number of amides is 2. The number of nitrogens with zero attached hydrogens (tertiary/aromatic N) is 1. The Bertz CT molecular complexity index is 1130. The van der Waals surface area contributed by atoms with Gasteiger partial charge in [-0.25, -0.2) is 0 Å².